The Labute approximate surface area is 73.5 Å². The van der Waals surface area contributed by atoms with E-state index in [9.17, 15) is 0 Å². The predicted molar refractivity (Wildman–Crippen MR) is 48.1 cm³/mol. The number of hydrogen-bond donors (Lipinski definition) is 0. The molecule has 0 spiro atoms. The zero-order valence-corrected chi connectivity index (χ0v) is 7.72. The van der Waals surface area contributed by atoms with Gasteiger partial charge in [-0.3, -0.25) is 9.98 Å². The van der Waals surface area contributed by atoms with Crippen molar-refractivity contribution >= 4 is 20.6 Å². The van der Waals surface area contributed by atoms with E-state index in [1.54, 1.807) is 0 Å². The van der Waals surface area contributed by atoms with E-state index >= 15 is 0 Å². The van der Waals surface area contributed by atoms with Crippen LogP contribution in [0.2, 0.25) is 0 Å². The lowest BCUT2D eigenvalue weighted by Gasteiger charge is -1.99. The summed E-state index contributed by atoms with van der Waals surface area (Å²) >= 11 is 3.40. The van der Waals surface area contributed by atoms with E-state index in [0.29, 0.717) is 0 Å². The van der Waals surface area contributed by atoms with Gasteiger partial charge in [-0.05, 0) is 34.5 Å². The number of nitrogens with zero attached hydrogens (tertiary/aromatic N) is 2. The van der Waals surface area contributed by atoms with Crippen molar-refractivity contribution in [3.63, 3.8) is 0 Å². The number of aromatic nitrogens is 1. The Morgan fingerprint density at radius 3 is 3.09 bits per heavy atom. The molecule has 0 radical (unpaired) electrons. The fourth-order valence-corrected chi connectivity index (χ4v) is 1.93. The highest BCUT2D eigenvalue weighted by molar-refractivity contribution is 9.18. The molecule has 0 atom stereocenters. The maximum absolute atomic E-state index is 4.26. The van der Waals surface area contributed by atoms with Gasteiger partial charge in [0.1, 0.15) is 4.62 Å². The zero-order valence-electron chi connectivity index (χ0n) is 6.13. The van der Waals surface area contributed by atoms with Gasteiger partial charge in [0.25, 0.3) is 0 Å². The molecule has 1 aliphatic rings. The molecule has 0 aliphatic carbocycles. The quantitative estimate of drug-likeness (QED) is 0.644. The Morgan fingerprint density at radius 1 is 1.55 bits per heavy atom. The van der Waals surface area contributed by atoms with Crippen LogP contribution in [0.25, 0.3) is 0 Å². The number of fused-ring (bicyclic) bond motifs is 1. The summed E-state index contributed by atoms with van der Waals surface area (Å²) < 4.78 is 0.943. The lowest BCUT2D eigenvalue weighted by Crippen LogP contribution is -1.95. The molecule has 0 unspecified atom stereocenters. The van der Waals surface area contributed by atoms with Crippen molar-refractivity contribution in [1.82, 2.24) is 4.98 Å². The molecule has 0 saturated carbocycles. The van der Waals surface area contributed by atoms with Crippen LogP contribution in [-0.4, -0.2) is 9.60 Å². The Bertz CT molecular complexity index is 331. The highest BCUT2D eigenvalue weighted by Gasteiger charge is 2.15. The third-order valence-electron chi connectivity index (χ3n) is 1.82. The van der Waals surface area contributed by atoms with Gasteiger partial charge in [-0.25, -0.2) is 0 Å². The van der Waals surface area contributed by atoms with Gasteiger partial charge in [0.05, 0.1) is 6.54 Å². The van der Waals surface area contributed by atoms with Gasteiger partial charge in [-0.15, -0.1) is 0 Å². The molecule has 0 N–H and O–H groups in total. The molecule has 0 amide bonds. The van der Waals surface area contributed by atoms with Crippen molar-refractivity contribution in [2.75, 3.05) is 0 Å². The summed E-state index contributed by atoms with van der Waals surface area (Å²) in [5.41, 5.74) is 3.49. The number of aryl methyl sites for hydroxylation is 1. The van der Waals surface area contributed by atoms with Crippen LogP contribution >= 0.6 is 15.9 Å². The minimum atomic E-state index is 0.791. The largest absolute Gasteiger partial charge is 0.272 e. The van der Waals surface area contributed by atoms with Gasteiger partial charge < -0.3 is 0 Å². The monoisotopic (exact) mass is 210 g/mol. The molecule has 0 bridgehead atoms. The van der Waals surface area contributed by atoms with Crippen LogP contribution in [0.4, 0.5) is 0 Å². The second-order valence-electron chi connectivity index (χ2n) is 2.54. The summed E-state index contributed by atoms with van der Waals surface area (Å²) in [5, 5.41) is 0. The van der Waals surface area contributed by atoms with Crippen molar-refractivity contribution in [2.45, 2.75) is 13.5 Å². The first-order chi connectivity index (χ1) is 5.29. The molecule has 0 aromatic carbocycles. The van der Waals surface area contributed by atoms with Gasteiger partial charge in [0.2, 0.25) is 0 Å². The molecular weight excluding hydrogens is 204 g/mol. The third-order valence-corrected chi connectivity index (χ3v) is 2.47. The summed E-state index contributed by atoms with van der Waals surface area (Å²) in [6.07, 6.45) is 1.83. The van der Waals surface area contributed by atoms with E-state index in [4.69, 9.17) is 0 Å². The SMILES string of the molecule is Cc1nccc2c1C(Br)=NC2. The maximum Gasteiger partial charge on any atom is 0.110 e. The summed E-state index contributed by atoms with van der Waals surface area (Å²) in [5.74, 6) is 0. The third kappa shape index (κ3) is 0.997. The first-order valence-corrected chi connectivity index (χ1v) is 4.23. The summed E-state index contributed by atoms with van der Waals surface area (Å²) in [4.78, 5) is 8.45. The smallest absolute Gasteiger partial charge is 0.110 e. The van der Waals surface area contributed by atoms with E-state index in [0.717, 1.165) is 16.9 Å². The van der Waals surface area contributed by atoms with Gasteiger partial charge in [-0.1, -0.05) is 0 Å². The normalized spacial score (nSPS) is 14.5. The number of rotatable bonds is 0. The molecule has 0 saturated heterocycles. The molecule has 0 fully saturated rings. The second kappa shape index (κ2) is 2.41. The van der Waals surface area contributed by atoms with E-state index < -0.39 is 0 Å². The number of pyridine rings is 1. The fraction of sp³-hybridized carbons (Fsp3) is 0.250. The van der Waals surface area contributed by atoms with Gasteiger partial charge in [0.15, 0.2) is 0 Å². The second-order valence-corrected chi connectivity index (χ2v) is 3.29. The molecule has 2 heterocycles. The molecule has 1 aromatic heterocycles. The molecule has 1 aliphatic heterocycles. The van der Waals surface area contributed by atoms with Crippen LogP contribution in [0.15, 0.2) is 17.3 Å². The first-order valence-electron chi connectivity index (χ1n) is 3.44. The van der Waals surface area contributed by atoms with Gasteiger partial charge in [-0.2, -0.15) is 0 Å². The fourth-order valence-electron chi connectivity index (χ4n) is 1.27. The molecule has 2 nitrogen and oxygen atoms in total. The Hall–Kier alpha value is -0.700. The number of halogens is 1. The van der Waals surface area contributed by atoms with Crippen LogP contribution in [0.3, 0.4) is 0 Å². The Kier molecular flexibility index (Phi) is 1.53. The van der Waals surface area contributed by atoms with Crippen LogP contribution in [0, 0.1) is 6.92 Å². The minimum absolute atomic E-state index is 0.791. The zero-order chi connectivity index (χ0) is 7.84. The van der Waals surface area contributed by atoms with Crippen LogP contribution in [0.1, 0.15) is 16.8 Å². The topological polar surface area (TPSA) is 25.2 Å². The number of aliphatic imine (C=N–C) groups is 1. The minimum Gasteiger partial charge on any atom is -0.272 e. The van der Waals surface area contributed by atoms with E-state index in [-0.39, 0.29) is 0 Å². The van der Waals surface area contributed by atoms with Crippen LogP contribution in [0.5, 0.6) is 0 Å². The van der Waals surface area contributed by atoms with Crippen molar-refractivity contribution in [1.29, 1.82) is 0 Å². The van der Waals surface area contributed by atoms with Crippen molar-refractivity contribution in [2.24, 2.45) is 4.99 Å². The lowest BCUT2D eigenvalue weighted by molar-refractivity contribution is 1.08. The lowest BCUT2D eigenvalue weighted by atomic mass is 10.1. The van der Waals surface area contributed by atoms with E-state index in [1.165, 1.54) is 11.1 Å². The van der Waals surface area contributed by atoms with Gasteiger partial charge >= 0.3 is 0 Å². The van der Waals surface area contributed by atoms with Crippen molar-refractivity contribution < 1.29 is 0 Å². The summed E-state index contributed by atoms with van der Waals surface area (Å²) in [6.45, 7) is 2.79. The Balaban J connectivity index is 2.67. The van der Waals surface area contributed by atoms with Crippen LogP contribution < -0.4 is 0 Å². The highest BCUT2D eigenvalue weighted by atomic mass is 79.9. The van der Waals surface area contributed by atoms with Crippen molar-refractivity contribution in [3.8, 4) is 0 Å². The standard InChI is InChI=1S/C8H7BrN2/c1-5-7-6(2-3-10-5)4-11-8(7)9/h2-3H,4H2,1H3. The molecule has 11 heavy (non-hydrogen) atoms. The highest BCUT2D eigenvalue weighted by Crippen LogP contribution is 2.23. The average Bonchev–Trinajstić information content (AvgIpc) is 2.34. The molecular formula is C8H7BrN2. The van der Waals surface area contributed by atoms with E-state index in [2.05, 4.69) is 25.9 Å². The summed E-state index contributed by atoms with van der Waals surface area (Å²) in [6, 6.07) is 2.01. The molecule has 2 rings (SSSR count). The predicted octanol–water partition coefficient (Wildman–Crippen LogP) is 2.05. The molecule has 56 valence electrons. The first kappa shape index (κ1) is 6.98. The molecule has 3 heteroatoms. The average molecular weight is 211 g/mol. The number of hydrogen-bond acceptors (Lipinski definition) is 2. The van der Waals surface area contributed by atoms with E-state index in [1.807, 2.05) is 19.2 Å². The summed E-state index contributed by atoms with van der Waals surface area (Å²) in [7, 11) is 0. The van der Waals surface area contributed by atoms with Gasteiger partial charge in [0, 0.05) is 17.5 Å². The molecule has 1 aromatic rings. The maximum atomic E-state index is 4.26. The Morgan fingerprint density at radius 2 is 2.36 bits per heavy atom. The van der Waals surface area contributed by atoms with Crippen LogP contribution in [-0.2, 0) is 6.54 Å². The van der Waals surface area contributed by atoms with Crippen molar-refractivity contribution in [3.05, 3.63) is 29.1 Å².